The van der Waals surface area contributed by atoms with Gasteiger partial charge < -0.3 is 4.98 Å². The van der Waals surface area contributed by atoms with E-state index < -0.39 is 11.6 Å². The molecule has 23 heavy (non-hydrogen) atoms. The van der Waals surface area contributed by atoms with Crippen molar-refractivity contribution in [2.45, 2.75) is 50.4 Å². The molecule has 0 aliphatic carbocycles. The summed E-state index contributed by atoms with van der Waals surface area (Å²) in [6.45, 7) is 5.91. The summed E-state index contributed by atoms with van der Waals surface area (Å²) in [6.07, 6.45) is 1.36. The molecule has 2 rings (SSSR count). The van der Waals surface area contributed by atoms with E-state index in [1.54, 1.807) is 0 Å². The fraction of sp³-hybridized carbons (Fsp3) is 0.412. The van der Waals surface area contributed by atoms with Crippen LogP contribution in [0.1, 0.15) is 44.0 Å². The average molecular weight is 338 g/mol. The zero-order valence-corrected chi connectivity index (χ0v) is 14.3. The number of H-pyrrole nitrogens is 1. The van der Waals surface area contributed by atoms with Crippen LogP contribution in [0, 0.1) is 11.6 Å². The van der Waals surface area contributed by atoms with E-state index >= 15 is 0 Å². The molecule has 2 aromatic rings. The molecule has 0 amide bonds. The first-order chi connectivity index (χ1) is 11.0. The highest BCUT2D eigenvalue weighted by Crippen LogP contribution is 2.23. The van der Waals surface area contributed by atoms with Crippen molar-refractivity contribution < 1.29 is 8.78 Å². The van der Waals surface area contributed by atoms with Crippen LogP contribution in [0.3, 0.4) is 0 Å². The van der Waals surface area contributed by atoms with Gasteiger partial charge in [0.15, 0.2) is 5.16 Å². The van der Waals surface area contributed by atoms with Crippen LogP contribution < -0.4 is 5.56 Å². The summed E-state index contributed by atoms with van der Waals surface area (Å²) in [6, 6.07) is 3.75. The van der Waals surface area contributed by atoms with Crippen LogP contribution in [0.2, 0.25) is 0 Å². The lowest BCUT2D eigenvalue weighted by Gasteiger charge is -2.12. The van der Waals surface area contributed by atoms with Crippen molar-refractivity contribution in [1.29, 1.82) is 0 Å². The lowest BCUT2D eigenvalue weighted by atomic mass is 10.0. The van der Waals surface area contributed by atoms with Gasteiger partial charge in [-0.05, 0) is 25.0 Å². The van der Waals surface area contributed by atoms with Crippen molar-refractivity contribution in [3.05, 3.63) is 57.0 Å². The second-order valence-electron chi connectivity index (χ2n) is 5.36. The van der Waals surface area contributed by atoms with Crippen molar-refractivity contribution in [3.8, 4) is 0 Å². The lowest BCUT2D eigenvalue weighted by molar-refractivity contribution is 0.559. The Balaban J connectivity index is 2.45. The van der Waals surface area contributed by atoms with Crippen LogP contribution in [0.25, 0.3) is 0 Å². The van der Waals surface area contributed by atoms with Gasteiger partial charge in [0.25, 0.3) is 5.56 Å². The third kappa shape index (κ3) is 4.19. The summed E-state index contributed by atoms with van der Waals surface area (Å²) in [5, 5.41) is 0.789. The van der Waals surface area contributed by atoms with E-state index in [2.05, 4.69) is 9.97 Å². The Hall–Kier alpha value is -1.69. The molecule has 3 nitrogen and oxygen atoms in total. The lowest BCUT2D eigenvalue weighted by Crippen LogP contribution is -2.19. The van der Waals surface area contributed by atoms with Crippen molar-refractivity contribution in [2.75, 3.05) is 0 Å². The quantitative estimate of drug-likeness (QED) is 0.637. The third-order valence-corrected chi connectivity index (χ3v) is 4.88. The molecule has 1 unspecified atom stereocenters. The molecule has 1 atom stereocenters. The molecule has 0 aliphatic heterocycles. The van der Waals surface area contributed by atoms with Crippen molar-refractivity contribution >= 4 is 11.8 Å². The fourth-order valence-corrected chi connectivity index (χ4v) is 3.09. The first kappa shape index (κ1) is 17.7. The third-order valence-electron chi connectivity index (χ3n) is 3.73. The van der Waals surface area contributed by atoms with E-state index in [-0.39, 0.29) is 17.5 Å². The van der Waals surface area contributed by atoms with Crippen molar-refractivity contribution in [3.63, 3.8) is 0 Å². The number of rotatable bonds is 6. The maximum atomic E-state index is 13.9. The van der Waals surface area contributed by atoms with Gasteiger partial charge in [-0.1, -0.05) is 38.6 Å². The molecular weight excluding hydrogens is 318 g/mol. The number of hydrogen-bond acceptors (Lipinski definition) is 3. The number of nitrogens with zero attached hydrogens (tertiary/aromatic N) is 1. The highest BCUT2D eigenvalue weighted by atomic mass is 32.2. The monoisotopic (exact) mass is 338 g/mol. The van der Waals surface area contributed by atoms with E-state index in [0.717, 1.165) is 6.42 Å². The summed E-state index contributed by atoms with van der Waals surface area (Å²) in [5.74, 6) is -1.24. The molecule has 0 spiro atoms. The standard InChI is InChI=1S/C17H20F2N2OS/c1-4-10(3)23-17-20-15(11(5-2)16(22)21-17)9-12-13(18)7-6-8-14(12)19/h6-8,10H,4-5,9H2,1-3H3,(H,20,21,22). The molecule has 0 aliphatic rings. The Bertz CT molecular complexity index is 726. The first-order valence-electron chi connectivity index (χ1n) is 7.67. The molecule has 1 N–H and O–H groups in total. The number of halogens is 2. The minimum atomic E-state index is -0.620. The van der Waals surface area contributed by atoms with Crippen LogP contribution in [0.15, 0.2) is 28.2 Å². The Morgan fingerprint density at radius 3 is 2.43 bits per heavy atom. The van der Waals surface area contributed by atoms with E-state index in [1.165, 1.54) is 30.0 Å². The molecule has 0 saturated carbocycles. The Morgan fingerprint density at radius 2 is 1.87 bits per heavy atom. The van der Waals surface area contributed by atoms with Gasteiger partial charge in [0.05, 0.1) is 5.69 Å². The molecule has 1 aromatic carbocycles. The highest BCUT2D eigenvalue weighted by molar-refractivity contribution is 7.99. The normalized spacial score (nSPS) is 12.4. The van der Waals surface area contributed by atoms with Gasteiger partial charge in [0, 0.05) is 22.8 Å². The number of aromatic nitrogens is 2. The van der Waals surface area contributed by atoms with Crippen LogP contribution >= 0.6 is 11.8 Å². The predicted molar refractivity (Wildman–Crippen MR) is 89.0 cm³/mol. The summed E-state index contributed by atoms with van der Waals surface area (Å²) < 4.78 is 27.8. The average Bonchev–Trinajstić information content (AvgIpc) is 2.50. The molecule has 124 valence electrons. The molecule has 0 saturated heterocycles. The summed E-state index contributed by atoms with van der Waals surface area (Å²) >= 11 is 1.46. The molecule has 0 fully saturated rings. The van der Waals surface area contributed by atoms with Gasteiger partial charge in [-0.15, -0.1) is 0 Å². The van der Waals surface area contributed by atoms with Gasteiger partial charge in [-0.2, -0.15) is 0 Å². The fourth-order valence-electron chi connectivity index (χ4n) is 2.23. The van der Waals surface area contributed by atoms with Crippen molar-refractivity contribution in [2.24, 2.45) is 0 Å². The molecular formula is C17H20F2N2OS. The second-order valence-corrected chi connectivity index (χ2v) is 6.79. The van der Waals surface area contributed by atoms with Gasteiger partial charge in [-0.3, -0.25) is 4.79 Å². The van der Waals surface area contributed by atoms with Crippen molar-refractivity contribution in [1.82, 2.24) is 9.97 Å². The predicted octanol–water partition coefficient (Wildman–Crippen LogP) is 4.09. The van der Waals surface area contributed by atoms with Gasteiger partial charge in [0.1, 0.15) is 11.6 Å². The van der Waals surface area contributed by atoms with E-state index in [4.69, 9.17) is 0 Å². The number of benzene rings is 1. The van der Waals surface area contributed by atoms with E-state index in [9.17, 15) is 13.6 Å². The zero-order valence-electron chi connectivity index (χ0n) is 13.5. The minimum absolute atomic E-state index is 0.0281. The minimum Gasteiger partial charge on any atom is -0.301 e. The van der Waals surface area contributed by atoms with Crippen LogP contribution in [-0.2, 0) is 12.8 Å². The molecule has 0 bridgehead atoms. The molecule has 0 radical (unpaired) electrons. The van der Waals surface area contributed by atoms with Gasteiger partial charge >= 0.3 is 0 Å². The van der Waals surface area contributed by atoms with E-state index in [0.29, 0.717) is 28.1 Å². The van der Waals surface area contributed by atoms with Crippen LogP contribution in [0.5, 0.6) is 0 Å². The van der Waals surface area contributed by atoms with Gasteiger partial charge in [0.2, 0.25) is 0 Å². The highest BCUT2D eigenvalue weighted by Gasteiger charge is 2.16. The summed E-state index contributed by atoms with van der Waals surface area (Å²) in [7, 11) is 0. The van der Waals surface area contributed by atoms with E-state index in [1.807, 2.05) is 20.8 Å². The van der Waals surface area contributed by atoms with Crippen LogP contribution in [-0.4, -0.2) is 15.2 Å². The Kier molecular flexibility index (Phi) is 5.93. The summed E-state index contributed by atoms with van der Waals surface area (Å²) in [4.78, 5) is 19.4. The maximum absolute atomic E-state index is 13.9. The van der Waals surface area contributed by atoms with Crippen LogP contribution in [0.4, 0.5) is 8.78 Å². The number of nitrogens with one attached hydrogen (secondary N) is 1. The molecule has 1 heterocycles. The SMILES string of the molecule is CCc1c(Cc2c(F)cccc2F)nc(SC(C)CC)[nH]c1=O. The van der Waals surface area contributed by atoms with Gasteiger partial charge in [-0.25, -0.2) is 13.8 Å². The smallest absolute Gasteiger partial charge is 0.254 e. The second kappa shape index (κ2) is 7.73. The maximum Gasteiger partial charge on any atom is 0.254 e. The zero-order chi connectivity index (χ0) is 17.0. The number of thioether (sulfide) groups is 1. The number of hydrogen-bond donors (Lipinski definition) is 1. The summed E-state index contributed by atoms with van der Waals surface area (Å²) in [5.41, 5.74) is 0.618. The first-order valence-corrected chi connectivity index (χ1v) is 8.55. The topological polar surface area (TPSA) is 45.8 Å². The molecule has 6 heteroatoms. The Morgan fingerprint density at radius 1 is 1.22 bits per heavy atom. The largest absolute Gasteiger partial charge is 0.301 e. The molecule has 1 aromatic heterocycles. The Labute approximate surface area is 138 Å². The number of aromatic amines is 1.